The molecule has 0 aliphatic rings. The Morgan fingerprint density at radius 3 is 2.36 bits per heavy atom. The lowest BCUT2D eigenvalue weighted by atomic mass is 10.1. The Bertz CT molecular complexity index is 533. The van der Waals surface area contributed by atoms with Gasteiger partial charge in [0.1, 0.15) is 0 Å². The molecule has 0 radical (unpaired) electrons. The van der Waals surface area contributed by atoms with Crippen LogP contribution in [0.1, 0.15) is 45.4 Å². The molecule has 0 amide bonds. The predicted octanol–water partition coefficient (Wildman–Crippen LogP) is 2.70. The molecule has 5 nitrogen and oxygen atoms in total. The molecule has 124 valence electrons. The third kappa shape index (κ3) is 7.72. The van der Waals surface area contributed by atoms with Crippen LogP contribution >= 0.6 is 12.2 Å². The van der Waals surface area contributed by atoms with Gasteiger partial charge in [-0.2, -0.15) is 0 Å². The Hall–Kier alpha value is -1.18. The fraction of sp³-hybridized carbons (Fsp3) is 0.533. The van der Waals surface area contributed by atoms with Crippen LogP contribution in [-0.4, -0.2) is 20.1 Å². The van der Waals surface area contributed by atoms with Gasteiger partial charge < -0.3 is 5.32 Å². The molecule has 3 N–H and O–H groups in total. The zero-order valence-corrected chi connectivity index (χ0v) is 14.6. The number of sulfonamides is 1. The van der Waals surface area contributed by atoms with Crippen LogP contribution in [0.4, 0.5) is 0 Å². The molecule has 0 bridgehead atoms. The Balaban J connectivity index is 2.18. The third-order valence-electron chi connectivity index (χ3n) is 3.17. The molecule has 0 aliphatic carbocycles. The monoisotopic (exact) mass is 343 g/mol. The molecule has 0 aromatic heterocycles. The maximum Gasteiger partial charge on any atom is 0.257 e. The van der Waals surface area contributed by atoms with E-state index in [1.807, 2.05) is 0 Å². The van der Waals surface area contributed by atoms with Crippen molar-refractivity contribution in [3.8, 4) is 0 Å². The van der Waals surface area contributed by atoms with E-state index >= 15 is 0 Å². The second-order valence-corrected chi connectivity index (χ2v) is 7.16. The van der Waals surface area contributed by atoms with Gasteiger partial charge in [-0.25, -0.2) is 8.42 Å². The minimum atomic E-state index is -3.59. The minimum absolute atomic E-state index is 0.196. The van der Waals surface area contributed by atoms with Crippen LogP contribution in [0.5, 0.6) is 0 Å². The molecule has 0 fully saturated rings. The maximum atomic E-state index is 12.0. The summed E-state index contributed by atoms with van der Waals surface area (Å²) in [4.78, 5) is 2.46. The fourth-order valence-corrected chi connectivity index (χ4v) is 3.01. The standard InChI is InChI=1S/C15H25N3O2S2/c1-2-3-4-5-6-10-13-16-15(21)17-18-22(19,20)14-11-8-7-9-12-14/h7-9,11-12,18H,2-6,10,13H2,1H3,(H2,16,17,21). The lowest BCUT2D eigenvalue weighted by Crippen LogP contribution is -2.46. The Kier molecular flexibility index (Phi) is 9.03. The van der Waals surface area contributed by atoms with Crippen molar-refractivity contribution in [3.63, 3.8) is 0 Å². The van der Waals surface area contributed by atoms with Gasteiger partial charge >= 0.3 is 0 Å². The SMILES string of the molecule is CCCCCCCCNC(=S)NNS(=O)(=O)c1ccccc1. The van der Waals surface area contributed by atoms with E-state index in [0.717, 1.165) is 19.4 Å². The summed E-state index contributed by atoms with van der Waals surface area (Å²) >= 11 is 5.04. The van der Waals surface area contributed by atoms with E-state index in [-0.39, 0.29) is 10.0 Å². The largest absolute Gasteiger partial charge is 0.362 e. The minimum Gasteiger partial charge on any atom is -0.362 e. The highest BCUT2D eigenvalue weighted by molar-refractivity contribution is 7.89. The van der Waals surface area contributed by atoms with Crippen molar-refractivity contribution < 1.29 is 8.42 Å². The van der Waals surface area contributed by atoms with E-state index < -0.39 is 10.0 Å². The van der Waals surface area contributed by atoms with Gasteiger partial charge in [-0.3, -0.25) is 5.43 Å². The zero-order chi connectivity index (χ0) is 16.3. The first-order chi connectivity index (χ1) is 10.6. The summed E-state index contributed by atoms with van der Waals surface area (Å²) in [6.45, 7) is 2.94. The highest BCUT2D eigenvalue weighted by Gasteiger charge is 2.12. The first-order valence-electron chi connectivity index (χ1n) is 7.67. The number of hydrogen-bond acceptors (Lipinski definition) is 3. The molecular formula is C15H25N3O2S2. The van der Waals surface area contributed by atoms with E-state index in [4.69, 9.17) is 12.2 Å². The molecular weight excluding hydrogens is 318 g/mol. The van der Waals surface area contributed by atoms with Gasteiger partial charge in [0.2, 0.25) is 0 Å². The van der Waals surface area contributed by atoms with E-state index in [1.165, 1.54) is 37.8 Å². The van der Waals surface area contributed by atoms with Crippen LogP contribution in [-0.2, 0) is 10.0 Å². The number of thiocarbonyl (C=S) groups is 1. The van der Waals surface area contributed by atoms with E-state index in [9.17, 15) is 8.42 Å². The molecule has 1 aromatic carbocycles. The first kappa shape index (κ1) is 18.9. The third-order valence-corrected chi connectivity index (χ3v) is 4.68. The van der Waals surface area contributed by atoms with Gasteiger partial charge in [0.25, 0.3) is 10.0 Å². The fourth-order valence-electron chi connectivity index (χ4n) is 1.92. The summed E-state index contributed by atoms with van der Waals surface area (Å²) in [5, 5.41) is 3.28. The van der Waals surface area contributed by atoms with E-state index in [1.54, 1.807) is 18.2 Å². The van der Waals surface area contributed by atoms with Crippen LogP contribution in [0.3, 0.4) is 0 Å². The number of benzene rings is 1. The maximum absolute atomic E-state index is 12.0. The summed E-state index contributed by atoms with van der Waals surface area (Å²) in [5.41, 5.74) is 2.51. The molecule has 0 spiro atoms. The van der Waals surface area contributed by atoms with Crippen LogP contribution in [0.15, 0.2) is 35.2 Å². The van der Waals surface area contributed by atoms with E-state index in [0.29, 0.717) is 0 Å². The Labute approximate surface area is 138 Å². The molecule has 0 heterocycles. The highest BCUT2D eigenvalue weighted by atomic mass is 32.2. The molecule has 0 unspecified atom stereocenters. The Morgan fingerprint density at radius 2 is 1.68 bits per heavy atom. The van der Waals surface area contributed by atoms with Crippen molar-refractivity contribution >= 4 is 27.4 Å². The smallest absolute Gasteiger partial charge is 0.257 e. The number of rotatable bonds is 10. The molecule has 0 saturated carbocycles. The average Bonchev–Trinajstić information content (AvgIpc) is 2.53. The van der Waals surface area contributed by atoms with Crippen LogP contribution in [0.25, 0.3) is 0 Å². The van der Waals surface area contributed by atoms with Gasteiger partial charge in [-0.15, -0.1) is 4.83 Å². The summed E-state index contributed by atoms with van der Waals surface area (Å²) in [6.07, 6.45) is 7.22. The van der Waals surface area contributed by atoms with Crippen molar-refractivity contribution in [3.05, 3.63) is 30.3 Å². The zero-order valence-electron chi connectivity index (χ0n) is 13.0. The number of hydrogen-bond donors (Lipinski definition) is 3. The molecule has 0 aliphatic heterocycles. The van der Waals surface area contributed by atoms with Crippen molar-refractivity contribution in [2.75, 3.05) is 6.54 Å². The lowest BCUT2D eigenvalue weighted by molar-refractivity contribution is 0.574. The molecule has 1 rings (SSSR count). The second-order valence-electron chi connectivity index (χ2n) is 5.07. The van der Waals surface area contributed by atoms with Gasteiger partial charge in [0, 0.05) is 6.54 Å². The molecule has 0 atom stereocenters. The topological polar surface area (TPSA) is 70.2 Å². The summed E-state index contributed by atoms with van der Waals surface area (Å²) in [5.74, 6) is 0. The van der Waals surface area contributed by atoms with Crippen LogP contribution in [0.2, 0.25) is 0 Å². The number of nitrogens with one attached hydrogen (secondary N) is 3. The van der Waals surface area contributed by atoms with Crippen molar-refractivity contribution in [2.45, 2.75) is 50.3 Å². The van der Waals surface area contributed by atoms with E-state index in [2.05, 4.69) is 22.5 Å². The average molecular weight is 344 g/mol. The normalized spacial score (nSPS) is 11.1. The quantitative estimate of drug-likeness (QED) is 0.346. The number of unbranched alkanes of at least 4 members (excludes halogenated alkanes) is 5. The first-order valence-corrected chi connectivity index (χ1v) is 9.56. The van der Waals surface area contributed by atoms with Crippen molar-refractivity contribution in [1.82, 2.24) is 15.6 Å². The van der Waals surface area contributed by atoms with Crippen molar-refractivity contribution in [1.29, 1.82) is 0 Å². The summed E-state index contributed by atoms with van der Waals surface area (Å²) in [7, 11) is -3.59. The predicted molar refractivity (Wildman–Crippen MR) is 93.9 cm³/mol. The van der Waals surface area contributed by atoms with Gasteiger partial charge in [0.05, 0.1) is 4.90 Å². The summed E-state index contributed by atoms with van der Waals surface area (Å²) in [6, 6.07) is 8.15. The highest BCUT2D eigenvalue weighted by Crippen LogP contribution is 2.06. The van der Waals surface area contributed by atoms with Gasteiger partial charge in [0.15, 0.2) is 5.11 Å². The Morgan fingerprint density at radius 1 is 1.05 bits per heavy atom. The van der Waals surface area contributed by atoms with Crippen LogP contribution < -0.4 is 15.6 Å². The van der Waals surface area contributed by atoms with Crippen molar-refractivity contribution in [2.24, 2.45) is 0 Å². The summed E-state index contributed by atoms with van der Waals surface area (Å²) < 4.78 is 23.9. The lowest BCUT2D eigenvalue weighted by Gasteiger charge is -2.12. The number of hydrazine groups is 1. The molecule has 1 aromatic rings. The van der Waals surface area contributed by atoms with Crippen LogP contribution in [0, 0.1) is 0 Å². The van der Waals surface area contributed by atoms with Gasteiger partial charge in [-0.05, 0) is 30.8 Å². The van der Waals surface area contributed by atoms with Gasteiger partial charge in [-0.1, -0.05) is 57.2 Å². The second kappa shape index (κ2) is 10.5. The molecule has 22 heavy (non-hydrogen) atoms. The molecule has 7 heteroatoms. The molecule has 0 saturated heterocycles.